The molecule has 0 heterocycles. The zero-order chi connectivity index (χ0) is 9.14. The summed E-state index contributed by atoms with van der Waals surface area (Å²) in [7, 11) is 0. The van der Waals surface area contributed by atoms with Crippen LogP contribution >= 0.6 is 0 Å². The molecule has 0 aromatic rings. The summed E-state index contributed by atoms with van der Waals surface area (Å²) < 4.78 is 0. The normalized spacial score (nSPS) is 24.6. The maximum absolute atomic E-state index is 11.4. The highest BCUT2D eigenvalue weighted by molar-refractivity contribution is 5.99. The number of hydrogen-bond acceptors (Lipinski definition) is 1. The number of ketones is 1. The van der Waals surface area contributed by atoms with Crippen LogP contribution in [0.5, 0.6) is 0 Å². The van der Waals surface area contributed by atoms with E-state index in [-0.39, 0.29) is 0 Å². The Kier molecular flexibility index (Phi) is 2.85. The quantitative estimate of drug-likeness (QED) is 0.573. The second-order valence-electron chi connectivity index (χ2n) is 3.46. The minimum Gasteiger partial charge on any atom is -0.295 e. The van der Waals surface area contributed by atoms with E-state index in [4.69, 9.17) is 0 Å². The summed E-state index contributed by atoms with van der Waals surface area (Å²) in [6, 6.07) is 0. The van der Waals surface area contributed by atoms with E-state index >= 15 is 0 Å². The van der Waals surface area contributed by atoms with Crippen molar-refractivity contribution in [3.05, 3.63) is 23.3 Å². The van der Waals surface area contributed by atoms with Gasteiger partial charge in [0, 0.05) is 6.42 Å². The van der Waals surface area contributed by atoms with Gasteiger partial charge in [-0.3, -0.25) is 4.79 Å². The molecule has 0 amide bonds. The molecule has 1 aliphatic carbocycles. The third kappa shape index (κ3) is 1.66. The van der Waals surface area contributed by atoms with Crippen molar-refractivity contribution < 1.29 is 4.79 Å². The summed E-state index contributed by atoms with van der Waals surface area (Å²) in [5.41, 5.74) is 2.33. The fourth-order valence-electron chi connectivity index (χ4n) is 1.58. The predicted molar refractivity (Wildman–Crippen MR) is 50.9 cm³/mol. The lowest BCUT2D eigenvalue weighted by Crippen LogP contribution is -1.95. The van der Waals surface area contributed by atoms with Crippen molar-refractivity contribution >= 4 is 5.78 Å². The number of carbonyl (C=O) groups is 1. The Bertz CT molecular complexity index is 246. The minimum atomic E-state index is 0.345. The summed E-state index contributed by atoms with van der Waals surface area (Å²) in [5.74, 6) is 0.816. The van der Waals surface area contributed by atoms with Crippen LogP contribution in [0.1, 0.15) is 33.6 Å². The van der Waals surface area contributed by atoms with E-state index in [9.17, 15) is 4.79 Å². The van der Waals surface area contributed by atoms with Crippen LogP contribution < -0.4 is 0 Å². The van der Waals surface area contributed by atoms with Crippen LogP contribution in [-0.4, -0.2) is 5.78 Å². The van der Waals surface area contributed by atoms with Crippen LogP contribution in [0.25, 0.3) is 0 Å². The van der Waals surface area contributed by atoms with Crippen molar-refractivity contribution in [3.8, 4) is 0 Å². The first-order chi connectivity index (χ1) is 5.66. The van der Waals surface area contributed by atoms with Crippen molar-refractivity contribution in [1.82, 2.24) is 0 Å². The number of carbonyl (C=O) groups excluding carboxylic acids is 1. The Morgan fingerprint density at radius 3 is 2.67 bits per heavy atom. The summed E-state index contributed by atoms with van der Waals surface area (Å²) in [4.78, 5) is 11.4. The molecule has 0 aromatic heterocycles. The van der Waals surface area contributed by atoms with E-state index < -0.39 is 0 Å². The monoisotopic (exact) mass is 164 g/mol. The maximum Gasteiger partial charge on any atom is 0.159 e. The third-order valence-electron chi connectivity index (χ3n) is 2.60. The van der Waals surface area contributed by atoms with E-state index in [1.165, 1.54) is 5.57 Å². The molecule has 0 fully saturated rings. The summed E-state index contributed by atoms with van der Waals surface area (Å²) >= 11 is 0. The molecule has 0 aliphatic heterocycles. The smallest absolute Gasteiger partial charge is 0.159 e. The molecule has 0 saturated heterocycles. The number of allylic oxidation sites excluding steroid dienone is 4. The largest absolute Gasteiger partial charge is 0.295 e. The lowest BCUT2D eigenvalue weighted by atomic mass is 10.0. The maximum atomic E-state index is 11.4. The molecule has 1 nitrogen and oxygen atoms in total. The first-order valence-electron chi connectivity index (χ1n) is 4.50. The number of hydrogen-bond donors (Lipinski definition) is 0. The van der Waals surface area contributed by atoms with Gasteiger partial charge in [-0.25, -0.2) is 0 Å². The van der Waals surface area contributed by atoms with Gasteiger partial charge >= 0.3 is 0 Å². The van der Waals surface area contributed by atoms with E-state index in [0.717, 1.165) is 18.4 Å². The molecule has 0 aromatic carbocycles. The summed E-state index contributed by atoms with van der Waals surface area (Å²) in [6.45, 7) is 6.18. The molecule has 0 bridgehead atoms. The van der Waals surface area contributed by atoms with Gasteiger partial charge in [0.25, 0.3) is 0 Å². The van der Waals surface area contributed by atoms with Gasteiger partial charge in [-0.1, -0.05) is 24.6 Å². The Balaban J connectivity index is 2.78. The van der Waals surface area contributed by atoms with E-state index in [1.807, 2.05) is 13.0 Å². The molecule has 1 unspecified atom stereocenters. The number of rotatable bonds is 2. The van der Waals surface area contributed by atoms with E-state index in [2.05, 4.69) is 19.9 Å². The molecule has 12 heavy (non-hydrogen) atoms. The zero-order valence-electron chi connectivity index (χ0n) is 8.05. The van der Waals surface area contributed by atoms with Gasteiger partial charge in [0.05, 0.1) is 0 Å². The van der Waals surface area contributed by atoms with E-state index in [1.54, 1.807) is 0 Å². The highest BCUT2D eigenvalue weighted by atomic mass is 16.1. The second kappa shape index (κ2) is 3.70. The fraction of sp³-hybridized carbons (Fsp3) is 0.545. The lowest BCUT2D eigenvalue weighted by Gasteiger charge is -2.00. The van der Waals surface area contributed by atoms with Gasteiger partial charge < -0.3 is 0 Å². The second-order valence-corrected chi connectivity index (χ2v) is 3.46. The standard InChI is InChI=1S/C11H16O/c1-4-5-6-10-9(3)8(2)7-11(10)12/h4-5,8H,6-7H2,1-3H3. The van der Waals surface area contributed by atoms with E-state index in [0.29, 0.717) is 11.7 Å². The van der Waals surface area contributed by atoms with Gasteiger partial charge in [-0.2, -0.15) is 0 Å². The molecule has 66 valence electrons. The summed E-state index contributed by atoms with van der Waals surface area (Å²) in [5, 5.41) is 0. The van der Waals surface area contributed by atoms with Crippen molar-refractivity contribution in [2.24, 2.45) is 5.92 Å². The highest BCUT2D eigenvalue weighted by Crippen LogP contribution is 2.30. The molecular formula is C11H16O. The molecular weight excluding hydrogens is 148 g/mol. The van der Waals surface area contributed by atoms with Crippen molar-refractivity contribution in [2.75, 3.05) is 0 Å². The van der Waals surface area contributed by atoms with Crippen LogP contribution in [0, 0.1) is 5.92 Å². The van der Waals surface area contributed by atoms with Crippen LogP contribution in [-0.2, 0) is 4.79 Å². The average Bonchev–Trinajstić information content (AvgIpc) is 2.25. The first-order valence-corrected chi connectivity index (χ1v) is 4.50. The van der Waals surface area contributed by atoms with Crippen LogP contribution in [0.3, 0.4) is 0 Å². The molecule has 0 spiro atoms. The Labute approximate surface area is 74.2 Å². The number of Topliss-reactive ketones (excluding diaryl/α,β-unsaturated/α-hetero) is 1. The minimum absolute atomic E-state index is 0.345. The van der Waals surface area contributed by atoms with Crippen molar-refractivity contribution in [2.45, 2.75) is 33.6 Å². The van der Waals surface area contributed by atoms with Gasteiger partial charge in [0.2, 0.25) is 0 Å². The lowest BCUT2D eigenvalue weighted by molar-refractivity contribution is -0.115. The van der Waals surface area contributed by atoms with Crippen LogP contribution in [0.4, 0.5) is 0 Å². The van der Waals surface area contributed by atoms with Crippen molar-refractivity contribution in [3.63, 3.8) is 0 Å². The van der Waals surface area contributed by atoms with Gasteiger partial charge in [-0.15, -0.1) is 0 Å². The third-order valence-corrected chi connectivity index (χ3v) is 2.60. The van der Waals surface area contributed by atoms with Crippen molar-refractivity contribution in [1.29, 1.82) is 0 Å². The molecule has 1 heteroatoms. The SMILES string of the molecule is CC=CCC1=C(C)C(C)CC1=O. The Morgan fingerprint density at radius 2 is 2.25 bits per heavy atom. The zero-order valence-corrected chi connectivity index (χ0v) is 8.05. The molecule has 0 radical (unpaired) electrons. The molecule has 1 rings (SSSR count). The summed E-state index contributed by atoms with van der Waals surface area (Å²) in [6.07, 6.45) is 5.59. The molecule has 0 N–H and O–H groups in total. The van der Waals surface area contributed by atoms with Gasteiger partial charge in [0.1, 0.15) is 0 Å². The Hall–Kier alpha value is -0.850. The Morgan fingerprint density at radius 1 is 1.58 bits per heavy atom. The van der Waals surface area contributed by atoms with Gasteiger partial charge in [-0.05, 0) is 31.8 Å². The molecule has 1 atom stereocenters. The molecule has 0 saturated carbocycles. The average molecular weight is 164 g/mol. The topological polar surface area (TPSA) is 17.1 Å². The van der Waals surface area contributed by atoms with Crippen LogP contribution in [0.15, 0.2) is 23.3 Å². The van der Waals surface area contributed by atoms with Crippen LogP contribution in [0.2, 0.25) is 0 Å². The molecule has 1 aliphatic rings. The predicted octanol–water partition coefficient (Wildman–Crippen LogP) is 2.88. The van der Waals surface area contributed by atoms with Gasteiger partial charge in [0.15, 0.2) is 5.78 Å². The fourth-order valence-corrected chi connectivity index (χ4v) is 1.58. The highest BCUT2D eigenvalue weighted by Gasteiger charge is 2.24. The first kappa shape index (κ1) is 9.24.